The first-order valence-corrected chi connectivity index (χ1v) is 7.02. The fourth-order valence-electron chi connectivity index (χ4n) is 2.55. The summed E-state index contributed by atoms with van der Waals surface area (Å²) >= 11 is 0. The van der Waals surface area contributed by atoms with E-state index >= 15 is 0 Å². The molecular formula is C15H29NO6. The maximum Gasteiger partial charge on any atom is 0.302 e. The predicted molar refractivity (Wildman–Crippen MR) is 82.7 cm³/mol. The number of rotatable bonds is 1. The van der Waals surface area contributed by atoms with Crippen LogP contribution in [0, 0.1) is 0 Å². The Balaban J connectivity index is 0. The number of carbonyl (C=O) groups is 3. The normalized spacial score (nSPS) is 18.7. The van der Waals surface area contributed by atoms with Crippen molar-refractivity contribution < 1.29 is 29.3 Å². The van der Waals surface area contributed by atoms with Gasteiger partial charge in [-0.05, 0) is 27.7 Å². The standard InChI is InChI=1S/C11H21NO2.2C2H4O2/c1-8(13)14-9-6-10(2,3)12-11(4,5)7-9;2*1-2(3)4/h9,12H,6-7H2,1-5H3;2*1H3,(H,3,4). The Bertz CT molecular complexity index is 353. The van der Waals surface area contributed by atoms with Gasteiger partial charge in [0.1, 0.15) is 6.10 Å². The molecule has 0 saturated carbocycles. The van der Waals surface area contributed by atoms with Crippen molar-refractivity contribution in [3.8, 4) is 0 Å². The average Bonchev–Trinajstić information content (AvgIpc) is 2.06. The quantitative estimate of drug-likeness (QED) is 0.634. The molecule has 0 radical (unpaired) electrons. The Morgan fingerprint density at radius 2 is 1.18 bits per heavy atom. The zero-order valence-corrected chi connectivity index (χ0v) is 14.5. The lowest BCUT2D eigenvalue weighted by atomic mass is 9.81. The molecule has 1 saturated heterocycles. The van der Waals surface area contributed by atoms with Crippen LogP contribution < -0.4 is 5.32 Å². The van der Waals surface area contributed by atoms with E-state index in [1.807, 2.05) is 0 Å². The van der Waals surface area contributed by atoms with Crippen LogP contribution in [0.15, 0.2) is 0 Å². The molecule has 0 aromatic rings. The molecule has 0 unspecified atom stereocenters. The fourth-order valence-corrected chi connectivity index (χ4v) is 2.55. The number of hydrogen-bond donors (Lipinski definition) is 3. The highest BCUT2D eigenvalue weighted by Gasteiger charge is 2.38. The first kappa shape index (κ1) is 22.6. The van der Waals surface area contributed by atoms with Crippen molar-refractivity contribution in [2.75, 3.05) is 0 Å². The highest BCUT2D eigenvalue weighted by atomic mass is 16.5. The molecule has 1 heterocycles. The van der Waals surface area contributed by atoms with Gasteiger partial charge in [-0.3, -0.25) is 14.4 Å². The van der Waals surface area contributed by atoms with Gasteiger partial charge in [-0.25, -0.2) is 0 Å². The Morgan fingerprint density at radius 1 is 0.909 bits per heavy atom. The maximum absolute atomic E-state index is 10.9. The Hall–Kier alpha value is -1.63. The van der Waals surface area contributed by atoms with Gasteiger partial charge in [-0.15, -0.1) is 0 Å². The van der Waals surface area contributed by atoms with Crippen LogP contribution in [0.2, 0.25) is 0 Å². The number of carboxylic acid groups (broad SMARTS) is 2. The van der Waals surface area contributed by atoms with Gasteiger partial charge in [-0.1, -0.05) is 0 Å². The van der Waals surface area contributed by atoms with Crippen LogP contribution in [-0.2, 0) is 19.1 Å². The molecule has 7 heteroatoms. The lowest BCUT2D eigenvalue weighted by Gasteiger charge is -2.45. The summed E-state index contributed by atoms with van der Waals surface area (Å²) < 4.78 is 5.28. The summed E-state index contributed by atoms with van der Waals surface area (Å²) in [6.45, 7) is 12.2. The van der Waals surface area contributed by atoms with Crippen LogP contribution in [0.1, 0.15) is 61.3 Å². The van der Waals surface area contributed by atoms with E-state index < -0.39 is 11.9 Å². The second-order valence-corrected chi connectivity index (χ2v) is 6.57. The van der Waals surface area contributed by atoms with Gasteiger partial charge >= 0.3 is 5.97 Å². The third-order valence-electron chi connectivity index (χ3n) is 2.49. The van der Waals surface area contributed by atoms with Gasteiger partial charge in [0.2, 0.25) is 0 Å². The first-order chi connectivity index (χ1) is 9.67. The van der Waals surface area contributed by atoms with E-state index in [0.29, 0.717) is 0 Å². The predicted octanol–water partition coefficient (Wildman–Crippen LogP) is 2.04. The van der Waals surface area contributed by atoms with Crippen LogP contribution >= 0.6 is 0 Å². The van der Waals surface area contributed by atoms with Crippen LogP contribution in [-0.4, -0.2) is 45.3 Å². The maximum atomic E-state index is 10.9. The molecule has 0 aromatic heterocycles. The number of piperidine rings is 1. The zero-order chi connectivity index (χ0) is 18.1. The molecule has 0 bridgehead atoms. The summed E-state index contributed by atoms with van der Waals surface area (Å²) in [6, 6.07) is 0. The molecule has 0 aliphatic carbocycles. The lowest BCUT2D eigenvalue weighted by Crippen LogP contribution is -2.59. The van der Waals surface area contributed by atoms with E-state index in [1.165, 1.54) is 6.92 Å². The van der Waals surface area contributed by atoms with E-state index in [2.05, 4.69) is 33.0 Å². The van der Waals surface area contributed by atoms with E-state index in [-0.39, 0.29) is 23.2 Å². The second-order valence-electron chi connectivity index (χ2n) is 6.57. The molecule has 1 rings (SSSR count). The van der Waals surface area contributed by atoms with Crippen molar-refractivity contribution in [3.63, 3.8) is 0 Å². The van der Waals surface area contributed by atoms with E-state index in [4.69, 9.17) is 24.5 Å². The van der Waals surface area contributed by atoms with Crippen molar-refractivity contribution in [1.82, 2.24) is 5.32 Å². The average molecular weight is 319 g/mol. The van der Waals surface area contributed by atoms with Crippen LogP contribution in [0.25, 0.3) is 0 Å². The second kappa shape index (κ2) is 9.40. The van der Waals surface area contributed by atoms with Gasteiger partial charge in [0.25, 0.3) is 11.9 Å². The van der Waals surface area contributed by atoms with Crippen molar-refractivity contribution >= 4 is 17.9 Å². The van der Waals surface area contributed by atoms with Crippen molar-refractivity contribution in [2.45, 2.75) is 78.5 Å². The molecule has 0 atom stereocenters. The van der Waals surface area contributed by atoms with Crippen LogP contribution in [0.3, 0.4) is 0 Å². The number of hydrogen-bond acceptors (Lipinski definition) is 5. The number of aliphatic carboxylic acids is 2. The molecule has 0 amide bonds. The molecule has 130 valence electrons. The summed E-state index contributed by atoms with van der Waals surface area (Å²) in [5, 5.41) is 18.4. The minimum absolute atomic E-state index is 0.0435. The number of esters is 1. The Kier molecular flexibility index (Phi) is 9.68. The van der Waals surface area contributed by atoms with Gasteiger partial charge in [-0.2, -0.15) is 0 Å². The number of nitrogens with one attached hydrogen (secondary N) is 1. The third-order valence-corrected chi connectivity index (χ3v) is 2.49. The molecule has 1 aliphatic heterocycles. The van der Waals surface area contributed by atoms with E-state index in [0.717, 1.165) is 26.7 Å². The molecule has 7 nitrogen and oxygen atoms in total. The minimum atomic E-state index is -0.833. The SMILES string of the molecule is CC(=O)O.CC(=O)O.CC(=O)OC1CC(C)(C)NC(C)(C)C1. The van der Waals surface area contributed by atoms with Crippen molar-refractivity contribution in [1.29, 1.82) is 0 Å². The molecular weight excluding hydrogens is 290 g/mol. The summed E-state index contributed by atoms with van der Waals surface area (Å²) in [4.78, 5) is 28.9. The lowest BCUT2D eigenvalue weighted by molar-refractivity contribution is -0.150. The topological polar surface area (TPSA) is 113 Å². The molecule has 1 aliphatic rings. The van der Waals surface area contributed by atoms with Gasteiger partial charge in [0, 0.05) is 44.7 Å². The van der Waals surface area contributed by atoms with Gasteiger partial charge in [0.05, 0.1) is 0 Å². The third kappa shape index (κ3) is 16.4. The van der Waals surface area contributed by atoms with E-state index in [9.17, 15) is 4.79 Å². The Morgan fingerprint density at radius 3 is 1.41 bits per heavy atom. The largest absolute Gasteiger partial charge is 0.481 e. The molecule has 22 heavy (non-hydrogen) atoms. The molecule has 1 fully saturated rings. The van der Waals surface area contributed by atoms with Crippen LogP contribution in [0.4, 0.5) is 0 Å². The summed E-state index contributed by atoms with van der Waals surface area (Å²) in [7, 11) is 0. The zero-order valence-electron chi connectivity index (χ0n) is 14.5. The summed E-state index contributed by atoms with van der Waals surface area (Å²) in [5.41, 5.74) is 0.0870. The molecule has 3 N–H and O–H groups in total. The van der Waals surface area contributed by atoms with Crippen molar-refractivity contribution in [3.05, 3.63) is 0 Å². The molecule has 0 aromatic carbocycles. The number of ether oxygens (including phenoxy) is 1. The smallest absolute Gasteiger partial charge is 0.302 e. The summed E-state index contributed by atoms with van der Waals surface area (Å²) in [5.74, 6) is -1.84. The molecule has 0 spiro atoms. The fraction of sp³-hybridized carbons (Fsp3) is 0.800. The highest BCUT2D eigenvalue weighted by Crippen LogP contribution is 2.30. The van der Waals surface area contributed by atoms with E-state index in [1.54, 1.807) is 0 Å². The minimum Gasteiger partial charge on any atom is -0.481 e. The summed E-state index contributed by atoms with van der Waals surface area (Å²) in [6.07, 6.45) is 1.82. The number of carboxylic acids is 2. The van der Waals surface area contributed by atoms with Gasteiger partial charge < -0.3 is 20.3 Å². The van der Waals surface area contributed by atoms with Crippen LogP contribution in [0.5, 0.6) is 0 Å². The van der Waals surface area contributed by atoms with Crippen molar-refractivity contribution in [2.24, 2.45) is 0 Å². The monoisotopic (exact) mass is 319 g/mol. The highest BCUT2D eigenvalue weighted by molar-refractivity contribution is 5.66. The first-order valence-electron chi connectivity index (χ1n) is 7.02. The number of carbonyl (C=O) groups excluding carboxylic acids is 1. The Labute approximate surface area is 132 Å². The van der Waals surface area contributed by atoms with Gasteiger partial charge in [0.15, 0.2) is 0 Å².